The number of hydrogen-bond acceptors (Lipinski definition) is 2. The first kappa shape index (κ1) is 23.8. The van der Waals surface area contributed by atoms with Crippen LogP contribution in [-0.2, 0) is 0 Å². The molecule has 8 unspecified atom stereocenters. The van der Waals surface area contributed by atoms with Crippen molar-refractivity contribution in [3.8, 4) is 0 Å². The van der Waals surface area contributed by atoms with Crippen molar-refractivity contribution >= 4 is 0 Å². The summed E-state index contributed by atoms with van der Waals surface area (Å²) in [7, 11) is 2.40. The fourth-order valence-corrected chi connectivity index (χ4v) is 8.72. The molecule has 3 aliphatic carbocycles. The molecular weight excluding hydrogens is 378 g/mol. The average Bonchev–Trinajstić information content (AvgIpc) is 3.51. The zero-order valence-electron chi connectivity index (χ0n) is 21.7. The molecule has 0 amide bonds. The Bertz CT molecular complexity index is 682. The van der Waals surface area contributed by atoms with E-state index in [9.17, 15) is 5.11 Å². The van der Waals surface area contributed by atoms with Crippen LogP contribution in [0.3, 0.4) is 0 Å². The normalized spacial score (nSPS) is 47.7. The molecule has 2 heteroatoms. The monoisotopic (exact) mass is 429 g/mol. The van der Waals surface area contributed by atoms with Gasteiger partial charge in [-0.1, -0.05) is 65.0 Å². The molecule has 0 radical (unpaired) electrons. The van der Waals surface area contributed by atoms with Gasteiger partial charge in [0.25, 0.3) is 0 Å². The van der Waals surface area contributed by atoms with E-state index in [1.807, 2.05) is 5.57 Å². The smallest absolute Gasteiger partial charge is 0.0568 e. The quantitative estimate of drug-likeness (QED) is 0.483. The van der Waals surface area contributed by atoms with Crippen molar-refractivity contribution in [1.29, 1.82) is 0 Å². The van der Waals surface area contributed by atoms with Crippen LogP contribution in [0.25, 0.3) is 0 Å². The second-order valence-electron chi connectivity index (χ2n) is 12.9. The van der Waals surface area contributed by atoms with Gasteiger partial charge in [0.15, 0.2) is 0 Å². The van der Waals surface area contributed by atoms with Gasteiger partial charge in [-0.05, 0) is 100 Å². The molecule has 4 aliphatic rings. The summed E-state index contributed by atoms with van der Waals surface area (Å²) in [5.74, 6) is 3.62. The predicted molar refractivity (Wildman–Crippen MR) is 132 cm³/mol. The Hall–Kier alpha value is -0.340. The number of rotatable bonds is 4. The first-order valence-electron chi connectivity index (χ1n) is 13.7. The van der Waals surface area contributed by atoms with Crippen molar-refractivity contribution in [1.82, 2.24) is 4.90 Å². The van der Waals surface area contributed by atoms with Crippen molar-refractivity contribution in [2.75, 3.05) is 13.6 Å². The Morgan fingerprint density at radius 3 is 2.42 bits per heavy atom. The van der Waals surface area contributed by atoms with E-state index in [1.54, 1.807) is 5.57 Å². The SMILES string of the molecule is C/C1=C2/CC23C(C(C)CC2CCCC2O)C3(C)CCN(C)C(C(C)C)CCCCC1C. The van der Waals surface area contributed by atoms with Crippen LogP contribution in [0.4, 0.5) is 0 Å². The molecule has 178 valence electrons. The lowest BCUT2D eigenvalue weighted by Crippen LogP contribution is -2.37. The summed E-state index contributed by atoms with van der Waals surface area (Å²) in [5.41, 5.74) is 4.58. The lowest BCUT2D eigenvalue weighted by molar-refractivity contribution is 0.113. The highest BCUT2D eigenvalue weighted by Gasteiger charge is 2.82. The van der Waals surface area contributed by atoms with Crippen LogP contribution >= 0.6 is 0 Å². The molecule has 0 aromatic heterocycles. The summed E-state index contributed by atoms with van der Waals surface area (Å²) < 4.78 is 0. The molecule has 3 saturated carbocycles. The number of nitrogens with zero attached hydrogens (tertiary/aromatic N) is 1. The van der Waals surface area contributed by atoms with Gasteiger partial charge in [-0.3, -0.25) is 0 Å². The van der Waals surface area contributed by atoms with Crippen molar-refractivity contribution in [2.45, 2.75) is 118 Å². The zero-order valence-corrected chi connectivity index (χ0v) is 21.7. The van der Waals surface area contributed by atoms with Crippen molar-refractivity contribution in [3.05, 3.63) is 11.1 Å². The lowest BCUT2D eigenvalue weighted by Gasteiger charge is -2.33. The molecule has 1 aliphatic heterocycles. The number of aliphatic hydroxyl groups is 1. The van der Waals surface area contributed by atoms with E-state index in [0.717, 1.165) is 36.1 Å². The fourth-order valence-electron chi connectivity index (χ4n) is 8.72. The maximum absolute atomic E-state index is 10.5. The molecule has 3 fully saturated rings. The van der Waals surface area contributed by atoms with Crippen LogP contribution < -0.4 is 0 Å². The summed E-state index contributed by atoms with van der Waals surface area (Å²) in [6.45, 7) is 16.2. The summed E-state index contributed by atoms with van der Waals surface area (Å²) >= 11 is 0. The third-order valence-electron chi connectivity index (χ3n) is 10.8. The molecule has 8 atom stereocenters. The summed E-state index contributed by atoms with van der Waals surface area (Å²) in [6, 6.07) is 0.728. The Labute approximate surface area is 193 Å². The van der Waals surface area contributed by atoms with Gasteiger partial charge in [0.2, 0.25) is 0 Å². The molecular formula is C29H51NO. The van der Waals surface area contributed by atoms with Crippen molar-refractivity contribution in [2.24, 2.45) is 40.4 Å². The molecule has 0 saturated heterocycles. The van der Waals surface area contributed by atoms with E-state index in [4.69, 9.17) is 0 Å². The van der Waals surface area contributed by atoms with Gasteiger partial charge in [0.1, 0.15) is 0 Å². The molecule has 1 spiro atoms. The topological polar surface area (TPSA) is 23.5 Å². The Morgan fingerprint density at radius 1 is 1.06 bits per heavy atom. The van der Waals surface area contributed by atoms with E-state index in [1.165, 1.54) is 64.3 Å². The molecule has 0 bridgehead atoms. The standard InChI is InChI=1S/C29H51NO/c1-19(2)25-13-9-8-11-20(3)22(5)24-18-29(24)27(28(29,6)15-16-30(25)7)21(4)17-23-12-10-14-26(23)31/h19-21,23,25-27,31H,8-18H2,1-7H3/b24-22+. The van der Waals surface area contributed by atoms with Crippen molar-refractivity contribution in [3.63, 3.8) is 0 Å². The molecule has 0 aromatic carbocycles. The largest absolute Gasteiger partial charge is 0.393 e. The highest BCUT2D eigenvalue weighted by molar-refractivity contribution is 5.52. The van der Waals surface area contributed by atoms with E-state index >= 15 is 0 Å². The second-order valence-corrected chi connectivity index (χ2v) is 12.9. The number of hydrogen-bond donors (Lipinski definition) is 1. The molecule has 1 heterocycles. The van der Waals surface area contributed by atoms with Gasteiger partial charge in [0.05, 0.1) is 6.10 Å². The summed E-state index contributed by atoms with van der Waals surface area (Å²) in [5, 5.41) is 10.5. The Morgan fingerprint density at radius 2 is 1.77 bits per heavy atom. The van der Waals surface area contributed by atoms with Crippen LogP contribution in [0.2, 0.25) is 0 Å². The van der Waals surface area contributed by atoms with Crippen LogP contribution in [0.5, 0.6) is 0 Å². The molecule has 2 nitrogen and oxygen atoms in total. The third-order valence-corrected chi connectivity index (χ3v) is 10.8. The van der Waals surface area contributed by atoms with Gasteiger partial charge >= 0.3 is 0 Å². The Kier molecular flexibility index (Phi) is 6.75. The lowest BCUT2D eigenvalue weighted by atomic mass is 9.86. The number of allylic oxidation sites excluding steroid dienone is 2. The minimum Gasteiger partial charge on any atom is -0.393 e. The molecule has 31 heavy (non-hydrogen) atoms. The van der Waals surface area contributed by atoms with Gasteiger partial charge in [0, 0.05) is 11.5 Å². The molecule has 0 aromatic rings. The summed E-state index contributed by atoms with van der Waals surface area (Å²) in [6.07, 6.45) is 12.9. The zero-order chi connectivity index (χ0) is 22.6. The van der Waals surface area contributed by atoms with Crippen LogP contribution in [0.15, 0.2) is 11.1 Å². The molecule has 4 rings (SSSR count). The minimum absolute atomic E-state index is 0.0322. The van der Waals surface area contributed by atoms with Crippen LogP contribution in [-0.4, -0.2) is 35.7 Å². The van der Waals surface area contributed by atoms with Gasteiger partial charge in [-0.15, -0.1) is 0 Å². The van der Waals surface area contributed by atoms with Crippen LogP contribution in [0.1, 0.15) is 106 Å². The Balaban J connectivity index is 1.57. The minimum atomic E-state index is -0.0322. The second kappa shape index (κ2) is 8.79. The summed E-state index contributed by atoms with van der Waals surface area (Å²) in [4.78, 5) is 2.71. The van der Waals surface area contributed by atoms with E-state index in [-0.39, 0.29) is 6.10 Å². The van der Waals surface area contributed by atoms with E-state index in [2.05, 4.69) is 53.5 Å². The third kappa shape index (κ3) is 4.07. The first-order valence-corrected chi connectivity index (χ1v) is 13.7. The maximum Gasteiger partial charge on any atom is 0.0568 e. The van der Waals surface area contributed by atoms with Gasteiger partial charge in [-0.25, -0.2) is 0 Å². The van der Waals surface area contributed by atoms with Crippen molar-refractivity contribution < 1.29 is 5.11 Å². The predicted octanol–water partition coefficient (Wildman–Crippen LogP) is 7.07. The number of aliphatic hydroxyl groups excluding tert-OH is 1. The molecule has 1 N–H and O–H groups in total. The fraction of sp³-hybridized carbons (Fsp3) is 0.931. The highest BCUT2D eigenvalue weighted by Crippen LogP contribution is 2.89. The maximum atomic E-state index is 10.5. The highest BCUT2D eigenvalue weighted by atomic mass is 16.3. The van der Waals surface area contributed by atoms with E-state index in [0.29, 0.717) is 16.7 Å². The van der Waals surface area contributed by atoms with E-state index < -0.39 is 0 Å². The average molecular weight is 430 g/mol. The van der Waals surface area contributed by atoms with Crippen LogP contribution in [0, 0.1) is 40.4 Å². The van der Waals surface area contributed by atoms with Gasteiger partial charge in [-0.2, -0.15) is 0 Å². The van der Waals surface area contributed by atoms with Gasteiger partial charge < -0.3 is 10.0 Å². The first-order chi connectivity index (χ1) is 14.6.